The lowest BCUT2D eigenvalue weighted by Gasteiger charge is -2.18. The number of halogens is 1. The molecule has 0 saturated carbocycles. The predicted molar refractivity (Wildman–Crippen MR) is 78.9 cm³/mol. The fourth-order valence-corrected chi connectivity index (χ4v) is 2.53. The smallest absolute Gasteiger partial charge is 0.408 e. The molecule has 0 aliphatic heterocycles. The zero-order chi connectivity index (χ0) is 15.0. The van der Waals surface area contributed by atoms with Crippen molar-refractivity contribution in [3.8, 4) is 0 Å². The van der Waals surface area contributed by atoms with Crippen LogP contribution < -0.4 is 11.1 Å². The Morgan fingerprint density at radius 2 is 2.05 bits per heavy atom. The van der Waals surface area contributed by atoms with Crippen molar-refractivity contribution in [1.82, 2.24) is 10.3 Å². The van der Waals surface area contributed by atoms with E-state index >= 15 is 0 Å². The largest absolute Gasteiger partial charge is 0.417 e. The highest BCUT2D eigenvalue weighted by Crippen LogP contribution is 2.27. The summed E-state index contributed by atoms with van der Waals surface area (Å²) in [6.45, 7) is 1.92. The van der Waals surface area contributed by atoms with Crippen LogP contribution in [0.5, 0.6) is 0 Å². The molecule has 0 saturated heterocycles. The number of benzene rings is 2. The van der Waals surface area contributed by atoms with Gasteiger partial charge in [-0.15, -0.1) is 0 Å². The van der Waals surface area contributed by atoms with Crippen molar-refractivity contribution in [3.05, 3.63) is 69.5 Å². The van der Waals surface area contributed by atoms with Crippen LogP contribution in [0.3, 0.4) is 0 Å². The molecule has 2 N–H and O–H groups in total. The summed E-state index contributed by atoms with van der Waals surface area (Å²) in [6, 6.07) is 10.0. The van der Waals surface area contributed by atoms with E-state index in [-0.39, 0.29) is 11.9 Å². The van der Waals surface area contributed by atoms with Gasteiger partial charge in [0.15, 0.2) is 5.58 Å². The van der Waals surface area contributed by atoms with Gasteiger partial charge in [0.05, 0.1) is 11.6 Å². The molecule has 108 valence electrons. The van der Waals surface area contributed by atoms with Gasteiger partial charge in [0.25, 0.3) is 0 Å². The van der Waals surface area contributed by atoms with E-state index in [0.29, 0.717) is 16.7 Å². The second kappa shape index (κ2) is 5.18. The predicted octanol–water partition coefficient (Wildman–Crippen LogP) is 2.88. The number of rotatable bonds is 3. The van der Waals surface area contributed by atoms with Crippen molar-refractivity contribution in [2.75, 3.05) is 7.05 Å². The van der Waals surface area contributed by atoms with Crippen molar-refractivity contribution in [2.24, 2.45) is 0 Å². The normalized spacial score (nSPS) is 12.7. The van der Waals surface area contributed by atoms with Gasteiger partial charge in [-0.05, 0) is 37.7 Å². The van der Waals surface area contributed by atoms with Crippen LogP contribution in [0.4, 0.5) is 4.39 Å². The fourth-order valence-electron chi connectivity index (χ4n) is 2.53. The highest BCUT2D eigenvalue weighted by Gasteiger charge is 2.17. The molecule has 0 aliphatic carbocycles. The molecule has 1 aromatic heterocycles. The summed E-state index contributed by atoms with van der Waals surface area (Å²) in [6.07, 6.45) is 0. The number of H-pyrrole nitrogens is 1. The van der Waals surface area contributed by atoms with E-state index in [2.05, 4.69) is 10.3 Å². The van der Waals surface area contributed by atoms with Gasteiger partial charge in [0.2, 0.25) is 0 Å². The van der Waals surface area contributed by atoms with Crippen LogP contribution in [0.2, 0.25) is 0 Å². The molecule has 0 bridgehead atoms. The zero-order valence-electron chi connectivity index (χ0n) is 11.7. The van der Waals surface area contributed by atoms with Crippen LogP contribution in [-0.4, -0.2) is 12.0 Å². The van der Waals surface area contributed by atoms with Crippen LogP contribution in [0.1, 0.15) is 22.7 Å². The first kappa shape index (κ1) is 13.6. The van der Waals surface area contributed by atoms with Crippen molar-refractivity contribution >= 4 is 11.1 Å². The number of aromatic nitrogens is 1. The molecular formula is C16H15FN2O2. The van der Waals surface area contributed by atoms with E-state index in [9.17, 15) is 9.18 Å². The molecule has 1 unspecified atom stereocenters. The third-order valence-corrected chi connectivity index (χ3v) is 3.53. The summed E-state index contributed by atoms with van der Waals surface area (Å²) < 4.78 is 19.2. The van der Waals surface area contributed by atoms with Crippen LogP contribution in [-0.2, 0) is 0 Å². The molecule has 3 aromatic rings. The van der Waals surface area contributed by atoms with Gasteiger partial charge in [0.1, 0.15) is 5.82 Å². The molecule has 0 radical (unpaired) electrons. The maximum Gasteiger partial charge on any atom is 0.417 e. The second-order valence-electron chi connectivity index (χ2n) is 5.02. The maximum absolute atomic E-state index is 14.1. The Kier molecular flexibility index (Phi) is 3.35. The molecule has 1 atom stereocenters. The van der Waals surface area contributed by atoms with Gasteiger partial charge in [0, 0.05) is 5.56 Å². The Balaban J connectivity index is 2.12. The first-order chi connectivity index (χ1) is 10.1. The topological polar surface area (TPSA) is 58.0 Å². The lowest BCUT2D eigenvalue weighted by atomic mass is 9.96. The summed E-state index contributed by atoms with van der Waals surface area (Å²) in [7, 11) is 1.77. The summed E-state index contributed by atoms with van der Waals surface area (Å²) in [4.78, 5) is 13.8. The van der Waals surface area contributed by atoms with E-state index < -0.39 is 5.76 Å². The Morgan fingerprint density at radius 1 is 1.24 bits per heavy atom. The molecule has 0 aliphatic rings. The molecule has 2 aromatic carbocycles. The van der Waals surface area contributed by atoms with Crippen molar-refractivity contribution in [3.63, 3.8) is 0 Å². The van der Waals surface area contributed by atoms with E-state index in [1.54, 1.807) is 25.2 Å². The number of hydrogen-bond donors (Lipinski definition) is 2. The third-order valence-electron chi connectivity index (χ3n) is 3.53. The van der Waals surface area contributed by atoms with Gasteiger partial charge in [-0.3, -0.25) is 4.98 Å². The van der Waals surface area contributed by atoms with Crippen LogP contribution in [0, 0.1) is 12.7 Å². The number of fused-ring (bicyclic) bond motifs is 1. The standard InChI is InChI=1S/C16H15FN2O2/c1-9-3-5-12(17)11(7-9)15(18-2)10-4-6-13-14(8-10)21-16(20)19-13/h3-8,15,18H,1-2H3,(H,19,20). The van der Waals surface area contributed by atoms with E-state index in [1.165, 1.54) is 6.07 Å². The summed E-state index contributed by atoms with van der Waals surface area (Å²) in [5, 5.41) is 3.10. The van der Waals surface area contributed by atoms with Gasteiger partial charge < -0.3 is 9.73 Å². The quantitative estimate of drug-likeness (QED) is 0.778. The fraction of sp³-hybridized carbons (Fsp3) is 0.188. The van der Waals surface area contributed by atoms with Crippen molar-refractivity contribution in [2.45, 2.75) is 13.0 Å². The molecule has 0 spiro atoms. The molecule has 4 nitrogen and oxygen atoms in total. The Hall–Kier alpha value is -2.40. The first-order valence-corrected chi connectivity index (χ1v) is 6.64. The minimum Gasteiger partial charge on any atom is -0.408 e. The van der Waals surface area contributed by atoms with Crippen LogP contribution in [0.25, 0.3) is 11.1 Å². The average molecular weight is 286 g/mol. The van der Waals surface area contributed by atoms with Gasteiger partial charge in [-0.25, -0.2) is 9.18 Å². The highest BCUT2D eigenvalue weighted by molar-refractivity contribution is 5.73. The average Bonchev–Trinajstić information content (AvgIpc) is 2.83. The Morgan fingerprint density at radius 3 is 2.81 bits per heavy atom. The zero-order valence-corrected chi connectivity index (χ0v) is 11.7. The number of nitrogens with one attached hydrogen (secondary N) is 2. The van der Waals surface area contributed by atoms with E-state index in [0.717, 1.165) is 11.1 Å². The first-order valence-electron chi connectivity index (χ1n) is 6.64. The minimum atomic E-state index is -0.495. The van der Waals surface area contributed by atoms with Crippen molar-refractivity contribution in [1.29, 1.82) is 0 Å². The lowest BCUT2D eigenvalue weighted by Crippen LogP contribution is -2.19. The maximum atomic E-state index is 14.1. The van der Waals surface area contributed by atoms with Gasteiger partial charge in [-0.2, -0.15) is 0 Å². The number of oxazole rings is 1. The SMILES string of the molecule is CNC(c1ccc2[nH]c(=O)oc2c1)c1cc(C)ccc1F. The number of aromatic amines is 1. The lowest BCUT2D eigenvalue weighted by molar-refractivity contribution is 0.552. The summed E-state index contributed by atoms with van der Waals surface area (Å²) >= 11 is 0. The molecule has 1 heterocycles. The molecule has 5 heteroatoms. The molecule has 0 amide bonds. The number of aryl methyl sites for hydroxylation is 1. The van der Waals surface area contributed by atoms with Gasteiger partial charge >= 0.3 is 5.76 Å². The molecule has 21 heavy (non-hydrogen) atoms. The van der Waals surface area contributed by atoms with E-state index in [1.807, 2.05) is 19.1 Å². The monoisotopic (exact) mass is 286 g/mol. The highest BCUT2D eigenvalue weighted by atomic mass is 19.1. The Labute approximate surface area is 120 Å². The second-order valence-corrected chi connectivity index (χ2v) is 5.02. The van der Waals surface area contributed by atoms with Crippen LogP contribution in [0.15, 0.2) is 45.6 Å². The minimum absolute atomic E-state index is 0.268. The third kappa shape index (κ3) is 2.48. The molecule has 0 fully saturated rings. The van der Waals surface area contributed by atoms with Crippen molar-refractivity contribution < 1.29 is 8.81 Å². The molecule has 3 rings (SSSR count). The summed E-state index contributed by atoms with van der Waals surface area (Å²) in [5.41, 5.74) is 3.47. The number of hydrogen-bond acceptors (Lipinski definition) is 3. The van der Waals surface area contributed by atoms with Crippen LogP contribution >= 0.6 is 0 Å². The van der Waals surface area contributed by atoms with Gasteiger partial charge in [-0.1, -0.05) is 23.8 Å². The summed E-state index contributed by atoms with van der Waals surface area (Å²) in [5.74, 6) is -0.763. The van der Waals surface area contributed by atoms with E-state index in [4.69, 9.17) is 4.42 Å². The Bertz CT molecular complexity index is 851. The molecular weight excluding hydrogens is 271 g/mol.